The van der Waals surface area contributed by atoms with Gasteiger partial charge in [-0.25, -0.2) is 8.42 Å². The smallest absolute Gasteiger partial charge is 0.240 e. The van der Waals surface area contributed by atoms with Crippen molar-refractivity contribution in [3.63, 3.8) is 0 Å². The number of aromatic nitrogens is 1. The fourth-order valence-electron chi connectivity index (χ4n) is 4.70. The molecular formula is C18H27N3O5S. The Morgan fingerprint density at radius 3 is 2.70 bits per heavy atom. The topological polar surface area (TPSA) is 110 Å². The molecule has 8 nitrogen and oxygen atoms in total. The Labute approximate surface area is 159 Å². The minimum Gasteiger partial charge on any atom is -0.363 e. The van der Waals surface area contributed by atoms with E-state index in [4.69, 9.17) is 0 Å². The number of hydrogen-bond acceptors (Lipinski definition) is 6. The molecule has 2 fully saturated rings. The molecule has 2 aliphatic rings. The number of carbonyl (C=O) groups is 2. The van der Waals surface area contributed by atoms with Crippen molar-refractivity contribution in [1.29, 1.82) is 0 Å². The van der Waals surface area contributed by atoms with Crippen LogP contribution in [0.5, 0.6) is 0 Å². The molecule has 0 aliphatic heterocycles. The summed E-state index contributed by atoms with van der Waals surface area (Å²) in [5.41, 5.74) is -1.18. The van der Waals surface area contributed by atoms with Crippen molar-refractivity contribution in [2.75, 3.05) is 24.2 Å². The maximum absolute atomic E-state index is 13.2. The highest BCUT2D eigenvalue weighted by atomic mass is 32.2. The number of fused-ring (bicyclic) bond motifs is 2. The van der Waals surface area contributed by atoms with Gasteiger partial charge in [-0.1, -0.05) is 25.9 Å². The van der Waals surface area contributed by atoms with Gasteiger partial charge in [0, 0.05) is 24.4 Å². The molecule has 0 saturated heterocycles. The molecule has 2 aliphatic carbocycles. The van der Waals surface area contributed by atoms with Gasteiger partial charge in [0.25, 0.3) is 0 Å². The molecule has 9 heteroatoms. The number of anilines is 1. The van der Waals surface area contributed by atoms with E-state index in [0.29, 0.717) is 19.3 Å². The minimum atomic E-state index is -3.78. The quantitative estimate of drug-likeness (QED) is 0.719. The van der Waals surface area contributed by atoms with Gasteiger partial charge in [0.1, 0.15) is 12.0 Å². The largest absolute Gasteiger partial charge is 0.363 e. The molecule has 0 aromatic carbocycles. The molecule has 1 aromatic rings. The lowest BCUT2D eigenvalue weighted by Gasteiger charge is -2.37. The second kappa shape index (κ2) is 7.01. The molecule has 0 spiro atoms. The van der Waals surface area contributed by atoms with Crippen molar-refractivity contribution in [2.45, 2.75) is 46.5 Å². The van der Waals surface area contributed by atoms with Crippen LogP contribution in [0.25, 0.3) is 0 Å². The molecule has 2 atom stereocenters. The van der Waals surface area contributed by atoms with Crippen molar-refractivity contribution >= 4 is 27.5 Å². The first kappa shape index (κ1) is 20.0. The van der Waals surface area contributed by atoms with Gasteiger partial charge in [0.15, 0.2) is 5.82 Å². The summed E-state index contributed by atoms with van der Waals surface area (Å²) in [4.78, 5) is 24.9. The standard InChI is InChI=1S/C18H27N3O5S/c1-4-8-21(11-16(23)19-15-6-9-26-20-15)27(24,25)12-18-7-5-13(10-14(18)22)17(18,2)3/h6,9,13H,4-5,7-8,10-12H2,1-3H3,(H,19,20,23). The van der Waals surface area contributed by atoms with Crippen LogP contribution < -0.4 is 5.32 Å². The van der Waals surface area contributed by atoms with Crippen molar-refractivity contribution < 1.29 is 22.5 Å². The zero-order valence-corrected chi connectivity index (χ0v) is 16.8. The van der Waals surface area contributed by atoms with E-state index in [1.54, 1.807) is 0 Å². The number of ketones is 1. The van der Waals surface area contributed by atoms with Crippen LogP contribution in [-0.4, -0.2) is 48.4 Å². The zero-order chi connectivity index (χ0) is 19.9. The first-order valence-corrected chi connectivity index (χ1v) is 10.9. The Bertz CT molecular complexity index is 818. The van der Waals surface area contributed by atoms with Crippen molar-refractivity contribution in [3.8, 4) is 0 Å². The van der Waals surface area contributed by atoms with Gasteiger partial charge in [0.05, 0.1) is 12.3 Å². The lowest BCUT2D eigenvalue weighted by molar-refractivity contribution is -0.128. The minimum absolute atomic E-state index is 0.0517. The van der Waals surface area contributed by atoms with Crippen LogP contribution in [0.4, 0.5) is 5.82 Å². The number of carbonyl (C=O) groups excluding carboxylic acids is 2. The zero-order valence-electron chi connectivity index (χ0n) is 16.0. The SMILES string of the molecule is CCCN(CC(=O)Nc1ccon1)S(=O)(=O)CC12CCC(CC1=O)C2(C)C. The highest BCUT2D eigenvalue weighted by molar-refractivity contribution is 7.89. The van der Waals surface area contributed by atoms with Crippen molar-refractivity contribution in [2.24, 2.45) is 16.7 Å². The van der Waals surface area contributed by atoms with Crippen LogP contribution in [-0.2, 0) is 19.6 Å². The molecule has 3 rings (SSSR count). The Hall–Kier alpha value is -1.74. The van der Waals surface area contributed by atoms with Crippen molar-refractivity contribution in [3.05, 3.63) is 12.3 Å². The van der Waals surface area contributed by atoms with Crippen LogP contribution in [0.2, 0.25) is 0 Å². The molecule has 27 heavy (non-hydrogen) atoms. The Balaban J connectivity index is 1.78. The third kappa shape index (κ3) is 3.42. The average Bonchev–Trinajstić information content (AvgIpc) is 3.20. The van der Waals surface area contributed by atoms with E-state index >= 15 is 0 Å². The second-order valence-corrected chi connectivity index (χ2v) is 10.2. The molecule has 2 bridgehead atoms. The molecule has 0 radical (unpaired) electrons. The number of hydrogen-bond donors (Lipinski definition) is 1. The van der Waals surface area contributed by atoms with Crippen LogP contribution in [0.3, 0.4) is 0 Å². The first-order chi connectivity index (χ1) is 12.6. The average molecular weight is 397 g/mol. The van der Waals surface area contributed by atoms with Gasteiger partial charge in [-0.05, 0) is 30.6 Å². The highest BCUT2D eigenvalue weighted by Crippen LogP contribution is 2.64. The Kier molecular flexibility index (Phi) is 5.20. The first-order valence-electron chi connectivity index (χ1n) is 9.34. The van der Waals surface area contributed by atoms with Gasteiger partial charge in [0.2, 0.25) is 15.9 Å². The lowest BCUT2D eigenvalue weighted by atomic mass is 9.70. The van der Waals surface area contributed by atoms with Gasteiger partial charge in [-0.2, -0.15) is 4.31 Å². The molecule has 1 amide bonds. The number of amides is 1. The third-order valence-electron chi connectivity index (χ3n) is 6.46. The molecule has 2 unspecified atom stereocenters. The van der Waals surface area contributed by atoms with E-state index in [1.165, 1.54) is 16.6 Å². The van der Waals surface area contributed by atoms with Crippen LogP contribution in [0.15, 0.2) is 16.9 Å². The van der Waals surface area contributed by atoms with Gasteiger partial charge in [-0.3, -0.25) is 9.59 Å². The van der Waals surface area contributed by atoms with E-state index in [-0.39, 0.29) is 41.8 Å². The van der Waals surface area contributed by atoms with Crippen LogP contribution in [0, 0.1) is 16.7 Å². The predicted molar refractivity (Wildman–Crippen MR) is 99.3 cm³/mol. The highest BCUT2D eigenvalue weighted by Gasteiger charge is 2.65. The molecule has 1 aromatic heterocycles. The Morgan fingerprint density at radius 1 is 1.44 bits per heavy atom. The molecule has 1 heterocycles. The maximum Gasteiger partial charge on any atom is 0.240 e. The summed E-state index contributed by atoms with van der Waals surface area (Å²) >= 11 is 0. The predicted octanol–water partition coefficient (Wildman–Crippen LogP) is 2.05. The van der Waals surface area contributed by atoms with E-state index in [1.807, 2.05) is 20.8 Å². The summed E-state index contributed by atoms with van der Waals surface area (Å²) in [7, 11) is -3.78. The summed E-state index contributed by atoms with van der Waals surface area (Å²) in [5, 5.41) is 6.11. The lowest BCUT2D eigenvalue weighted by Crippen LogP contribution is -2.48. The Morgan fingerprint density at radius 2 is 2.19 bits per heavy atom. The van der Waals surface area contributed by atoms with E-state index in [0.717, 1.165) is 6.42 Å². The summed E-state index contributed by atoms with van der Waals surface area (Å²) in [6.45, 7) is 5.78. The maximum atomic E-state index is 13.2. The fraction of sp³-hybridized carbons (Fsp3) is 0.722. The number of sulfonamides is 1. The van der Waals surface area contributed by atoms with Gasteiger partial charge >= 0.3 is 0 Å². The van der Waals surface area contributed by atoms with E-state index < -0.39 is 21.3 Å². The summed E-state index contributed by atoms with van der Waals surface area (Å²) in [5.74, 6) is -0.177. The number of Topliss-reactive ketones (excluding diaryl/α,β-unsaturated/α-hetero) is 1. The third-order valence-corrected chi connectivity index (χ3v) is 8.42. The summed E-state index contributed by atoms with van der Waals surface area (Å²) < 4.78 is 32.2. The van der Waals surface area contributed by atoms with Gasteiger partial charge in [-0.15, -0.1) is 0 Å². The number of nitrogens with one attached hydrogen (secondary N) is 1. The van der Waals surface area contributed by atoms with Crippen LogP contribution in [0.1, 0.15) is 46.5 Å². The molecule has 150 valence electrons. The summed E-state index contributed by atoms with van der Waals surface area (Å²) in [6.07, 6.45) is 3.84. The van der Waals surface area contributed by atoms with Crippen molar-refractivity contribution in [1.82, 2.24) is 9.46 Å². The van der Waals surface area contributed by atoms with Crippen LogP contribution >= 0.6 is 0 Å². The molecule has 2 saturated carbocycles. The van der Waals surface area contributed by atoms with E-state index in [2.05, 4.69) is 15.0 Å². The van der Waals surface area contributed by atoms with E-state index in [9.17, 15) is 18.0 Å². The number of rotatable bonds is 8. The fourth-order valence-corrected chi connectivity index (χ4v) is 6.95. The number of nitrogens with zero attached hydrogens (tertiary/aromatic N) is 2. The monoisotopic (exact) mass is 397 g/mol. The van der Waals surface area contributed by atoms with Gasteiger partial charge < -0.3 is 9.84 Å². The molecular weight excluding hydrogens is 370 g/mol. The molecule has 1 N–H and O–H groups in total. The second-order valence-electron chi connectivity index (χ2n) is 8.19. The normalized spacial score (nSPS) is 26.7. The summed E-state index contributed by atoms with van der Waals surface area (Å²) in [6, 6.07) is 1.48.